The van der Waals surface area contributed by atoms with Crippen molar-refractivity contribution in [2.45, 2.75) is 52.4 Å². The minimum absolute atomic E-state index is 0.125. The number of nitrogens with one attached hydrogen (secondary N) is 1. The summed E-state index contributed by atoms with van der Waals surface area (Å²) in [5.41, 5.74) is 5.28. The van der Waals surface area contributed by atoms with E-state index in [9.17, 15) is 13.2 Å². The summed E-state index contributed by atoms with van der Waals surface area (Å²) < 4.78 is 29.3. The summed E-state index contributed by atoms with van der Waals surface area (Å²) in [6, 6.07) is 6.84. The van der Waals surface area contributed by atoms with E-state index in [1.165, 1.54) is 0 Å². The maximum Gasteiger partial charge on any atom is 0.262 e. The average molecular weight is 401 g/mol. The Balaban J connectivity index is 2.05. The Morgan fingerprint density at radius 2 is 1.36 bits per heavy atom. The molecule has 1 saturated heterocycles. The van der Waals surface area contributed by atoms with Gasteiger partial charge < -0.3 is 4.90 Å². The lowest BCUT2D eigenvalue weighted by Gasteiger charge is -2.21. The first-order chi connectivity index (χ1) is 13.1. The van der Waals surface area contributed by atoms with Gasteiger partial charge in [-0.25, -0.2) is 8.42 Å². The second-order valence-electron chi connectivity index (χ2n) is 7.60. The van der Waals surface area contributed by atoms with Gasteiger partial charge in [0.05, 0.1) is 16.1 Å². The summed E-state index contributed by atoms with van der Waals surface area (Å²) in [6.45, 7) is 11.0. The summed E-state index contributed by atoms with van der Waals surface area (Å²) in [4.78, 5) is 15.0. The molecule has 0 aliphatic carbocycles. The third kappa shape index (κ3) is 3.53. The van der Waals surface area contributed by atoms with Crippen molar-refractivity contribution in [3.63, 3.8) is 0 Å². The van der Waals surface area contributed by atoms with Gasteiger partial charge in [-0.3, -0.25) is 9.52 Å². The molecule has 1 aliphatic rings. The van der Waals surface area contributed by atoms with Crippen molar-refractivity contribution in [2.75, 3.05) is 17.8 Å². The van der Waals surface area contributed by atoms with Crippen molar-refractivity contribution in [1.29, 1.82) is 0 Å². The lowest BCUT2D eigenvalue weighted by atomic mass is 9.95. The fourth-order valence-corrected chi connectivity index (χ4v) is 5.60. The van der Waals surface area contributed by atoms with Crippen LogP contribution in [0.15, 0.2) is 29.2 Å². The van der Waals surface area contributed by atoms with E-state index < -0.39 is 10.0 Å². The first-order valence-corrected chi connectivity index (χ1v) is 11.1. The van der Waals surface area contributed by atoms with E-state index in [1.807, 2.05) is 34.6 Å². The summed E-state index contributed by atoms with van der Waals surface area (Å²) in [7, 11) is -3.84. The molecule has 0 aromatic heterocycles. The minimum atomic E-state index is -3.84. The van der Waals surface area contributed by atoms with Gasteiger partial charge in [0.25, 0.3) is 15.9 Å². The molecule has 1 aliphatic heterocycles. The molecule has 0 saturated carbocycles. The summed E-state index contributed by atoms with van der Waals surface area (Å²) in [6.07, 6.45) is 1.97. The molecule has 28 heavy (non-hydrogen) atoms. The molecule has 5 nitrogen and oxygen atoms in total. The maximum atomic E-state index is 13.3. The minimum Gasteiger partial charge on any atom is -0.339 e. The first-order valence-electron chi connectivity index (χ1n) is 9.63. The molecule has 0 unspecified atom stereocenters. The van der Waals surface area contributed by atoms with Crippen molar-refractivity contribution < 1.29 is 13.2 Å². The van der Waals surface area contributed by atoms with Crippen LogP contribution < -0.4 is 4.72 Å². The molecule has 2 aromatic rings. The van der Waals surface area contributed by atoms with Crippen LogP contribution >= 0.6 is 0 Å². The number of likely N-dealkylation sites (tertiary alicyclic amines) is 1. The Kier molecular flexibility index (Phi) is 5.53. The van der Waals surface area contributed by atoms with Gasteiger partial charge in [-0.05, 0) is 87.4 Å². The van der Waals surface area contributed by atoms with Crippen molar-refractivity contribution in [3.05, 3.63) is 57.6 Å². The van der Waals surface area contributed by atoms with E-state index in [2.05, 4.69) is 4.72 Å². The Hall–Kier alpha value is -2.34. The highest BCUT2D eigenvalue weighted by Gasteiger charge is 2.27. The van der Waals surface area contributed by atoms with Crippen molar-refractivity contribution >= 4 is 21.6 Å². The van der Waals surface area contributed by atoms with E-state index in [4.69, 9.17) is 0 Å². The normalized spacial score (nSPS) is 14.4. The Labute approximate surface area is 167 Å². The van der Waals surface area contributed by atoms with Gasteiger partial charge in [0.2, 0.25) is 0 Å². The molecule has 0 bridgehead atoms. The molecule has 0 atom stereocenters. The van der Waals surface area contributed by atoms with Crippen LogP contribution in [-0.4, -0.2) is 32.3 Å². The zero-order valence-corrected chi connectivity index (χ0v) is 18.0. The monoisotopic (exact) mass is 400 g/mol. The van der Waals surface area contributed by atoms with Gasteiger partial charge in [0, 0.05) is 13.1 Å². The smallest absolute Gasteiger partial charge is 0.262 e. The zero-order chi connectivity index (χ0) is 20.6. The fraction of sp³-hybridized carbons (Fsp3) is 0.409. The first kappa shape index (κ1) is 20.4. The highest BCUT2D eigenvalue weighted by Crippen LogP contribution is 2.31. The quantitative estimate of drug-likeness (QED) is 0.834. The van der Waals surface area contributed by atoms with Crippen LogP contribution in [0.3, 0.4) is 0 Å². The molecule has 3 rings (SSSR count). The molecule has 150 valence electrons. The predicted molar refractivity (Wildman–Crippen MR) is 113 cm³/mol. The van der Waals surface area contributed by atoms with E-state index >= 15 is 0 Å². The average Bonchev–Trinajstić information content (AvgIpc) is 3.19. The Bertz CT molecular complexity index is 1010. The highest BCUT2D eigenvalue weighted by atomic mass is 32.2. The van der Waals surface area contributed by atoms with Gasteiger partial charge in [-0.15, -0.1) is 0 Å². The number of para-hydroxylation sites is 1. The van der Waals surface area contributed by atoms with Crippen LogP contribution in [-0.2, 0) is 10.0 Å². The van der Waals surface area contributed by atoms with Crippen LogP contribution in [0.25, 0.3) is 0 Å². The van der Waals surface area contributed by atoms with E-state index in [0.29, 0.717) is 29.2 Å². The number of sulfonamides is 1. The molecular formula is C22H28N2O3S. The van der Waals surface area contributed by atoms with Gasteiger partial charge in [-0.1, -0.05) is 12.1 Å². The number of hydrogen-bond donors (Lipinski definition) is 1. The topological polar surface area (TPSA) is 66.5 Å². The largest absolute Gasteiger partial charge is 0.339 e. The molecular weight excluding hydrogens is 372 g/mol. The number of benzene rings is 2. The number of nitrogens with zero attached hydrogens (tertiary/aromatic N) is 1. The van der Waals surface area contributed by atoms with E-state index in [0.717, 1.165) is 40.7 Å². The molecule has 1 N–H and O–H groups in total. The lowest BCUT2D eigenvalue weighted by molar-refractivity contribution is 0.0794. The van der Waals surface area contributed by atoms with Crippen LogP contribution in [0.2, 0.25) is 0 Å². The Morgan fingerprint density at radius 1 is 0.857 bits per heavy atom. The van der Waals surface area contributed by atoms with Gasteiger partial charge in [0.1, 0.15) is 0 Å². The molecule has 0 radical (unpaired) electrons. The van der Waals surface area contributed by atoms with Crippen LogP contribution in [0.1, 0.15) is 51.0 Å². The van der Waals surface area contributed by atoms with Crippen molar-refractivity contribution in [2.24, 2.45) is 0 Å². The molecule has 1 fully saturated rings. The van der Waals surface area contributed by atoms with E-state index in [-0.39, 0.29) is 5.91 Å². The van der Waals surface area contributed by atoms with Gasteiger partial charge in [-0.2, -0.15) is 0 Å². The molecule has 2 aromatic carbocycles. The molecule has 6 heteroatoms. The number of amides is 1. The second-order valence-corrected chi connectivity index (χ2v) is 9.22. The van der Waals surface area contributed by atoms with Crippen molar-refractivity contribution in [3.8, 4) is 0 Å². The molecule has 0 spiro atoms. The molecule has 1 amide bonds. The lowest BCUT2D eigenvalue weighted by Crippen LogP contribution is -2.29. The third-order valence-electron chi connectivity index (χ3n) is 5.99. The van der Waals surface area contributed by atoms with E-state index in [1.54, 1.807) is 29.2 Å². The van der Waals surface area contributed by atoms with Gasteiger partial charge >= 0.3 is 0 Å². The maximum absolute atomic E-state index is 13.3. The number of anilines is 1. The molecule has 1 heterocycles. The predicted octanol–water partition coefficient (Wildman–Crippen LogP) is 4.27. The second kappa shape index (κ2) is 7.59. The summed E-state index contributed by atoms with van der Waals surface area (Å²) in [5.74, 6) is -0.125. The van der Waals surface area contributed by atoms with Crippen LogP contribution in [0.4, 0.5) is 5.69 Å². The fourth-order valence-electron chi connectivity index (χ4n) is 3.91. The zero-order valence-electron chi connectivity index (χ0n) is 17.2. The standard InChI is InChI=1S/C22H28N2O3S/c1-14-15(2)17(4)21(18(5)16(14)3)28(26,27)23-20-11-7-6-10-19(20)22(25)24-12-8-9-13-24/h6-7,10-11,23H,8-9,12-13H2,1-5H3. The third-order valence-corrected chi connectivity index (χ3v) is 7.63. The number of carbonyl (C=O) groups is 1. The Morgan fingerprint density at radius 3 is 1.93 bits per heavy atom. The van der Waals surface area contributed by atoms with Crippen LogP contribution in [0, 0.1) is 34.6 Å². The highest BCUT2D eigenvalue weighted by molar-refractivity contribution is 7.92. The summed E-state index contributed by atoms with van der Waals surface area (Å²) >= 11 is 0. The SMILES string of the molecule is Cc1c(C)c(C)c(S(=O)(=O)Nc2ccccc2C(=O)N2CCCC2)c(C)c1C. The number of carbonyl (C=O) groups excluding carboxylic acids is 1. The number of hydrogen-bond acceptors (Lipinski definition) is 3. The number of rotatable bonds is 4. The van der Waals surface area contributed by atoms with Gasteiger partial charge in [0.15, 0.2) is 0 Å². The van der Waals surface area contributed by atoms with Crippen molar-refractivity contribution in [1.82, 2.24) is 4.90 Å². The van der Waals surface area contributed by atoms with Crippen LogP contribution in [0.5, 0.6) is 0 Å². The summed E-state index contributed by atoms with van der Waals surface area (Å²) in [5, 5.41) is 0.